The van der Waals surface area contributed by atoms with Gasteiger partial charge in [-0.2, -0.15) is 0 Å². The first-order valence-corrected chi connectivity index (χ1v) is 10.0. The number of aliphatic carboxylic acids is 1. The maximum Gasteiger partial charge on any atom is 0.304 e. The Labute approximate surface area is 155 Å². The van der Waals surface area contributed by atoms with E-state index in [1.807, 2.05) is 30.3 Å². The van der Waals surface area contributed by atoms with E-state index in [0.717, 1.165) is 29.9 Å². The Hall–Kier alpha value is -1.84. The Morgan fingerprint density at radius 2 is 1.62 bits per heavy atom. The highest BCUT2D eigenvalue weighted by Gasteiger charge is 2.50. The zero-order valence-corrected chi connectivity index (χ0v) is 15.3. The summed E-state index contributed by atoms with van der Waals surface area (Å²) in [5.74, 6) is 1.08. The molecule has 0 aliphatic heterocycles. The average molecular weight is 355 g/mol. The molecule has 0 radical (unpaired) electrons. The molecule has 1 aromatic rings. The fourth-order valence-electron chi connectivity index (χ4n) is 6.29. The van der Waals surface area contributed by atoms with Crippen LogP contribution in [-0.4, -0.2) is 23.5 Å². The third kappa shape index (κ3) is 3.79. The second kappa shape index (κ2) is 7.05. The van der Waals surface area contributed by atoms with E-state index in [2.05, 4.69) is 5.32 Å². The number of hydrogen-bond acceptors (Lipinski definition) is 2. The minimum atomic E-state index is -0.907. The number of carbonyl (C=O) groups excluding carboxylic acids is 1. The van der Waals surface area contributed by atoms with E-state index in [0.29, 0.717) is 6.42 Å². The molecule has 1 aromatic carbocycles. The Kier molecular flexibility index (Phi) is 4.76. The Morgan fingerprint density at radius 1 is 1.04 bits per heavy atom. The molecule has 4 bridgehead atoms. The first kappa shape index (κ1) is 17.6. The van der Waals surface area contributed by atoms with Gasteiger partial charge in [0.15, 0.2) is 0 Å². The third-order valence-electron chi connectivity index (χ3n) is 6.92. The summed E-state index contributed by atoms with van der Waals surface area (Å²) in [7, 11) is 0. The predicted molar refractivity (Wildman–Crippen MR) is 99.5 cm³/mol. The second-order valence-electron chi connectivity index (χ2n) is 9.12. The molecule has 4 heteroatoms. The van der Waals surface area contributed by atoms with Crippen LogP contribution in [0.1, 0.15) is 50.5 Å². The van der Waals surface area contributed by atoms with Crippen LogP contribution in [0.15, 0.2) is 30.3 Å². The largest absolute Gasteiger partial charge is 0.481 e. The highest BCUT2D eigenvalue weighted by atomic mass is 16.4. The highest BCUT2D eigenvalue weighted by Crippen LogP contribution is 2.59. The lowest BCUT2D eigenvalue weighted by Crippen LogP contribution is -2.51. The third-order valence-corrected chi connectivity index (χ3v) is 6.92. The van der Waals surface area contributed by atoms with Gasteiger partial charge in [-0.3, -0.25) is 9.59 Å². The molecule has 0 heterocycles. The molecule has 4 aliphatic carbocycles. The summed E-state index contributed by atoms with van der Waals surface area (Å²) in [4.78, 5) is 24.1. The summed E-state index contributed by atoms with van der Waals surface area (Å²) < 4.78 is 0. The van der Waals surface area contributed by atoms with Crippen LogP contribution in [0.3, 0.4) is 0 Å². The standard InChI is InChI=1S/C22H29NO3/c24-20(25)10-19(9-15-4-2-1-3-5-15)21(26)23-14-22-11-16-6-17(12-22)8-18(7-16)13-22/h1-5,16-19H,6-14H2,(H,23,26)(H,24,25)/t16?,17?,18?,19-,22?/m0/s1. The summed E-state index contributed by atoms with van der Waals surface area (Å²) in [6.07, 6.45) is 8.31. The van der Waals surface area contributed by atoms with Crippen LogP contribution in [0.2, 0.25) is 0 Å². The average Bonchev–Trinajstić information content (AvgIpc) is 2.58. The molecule has 0 aromatic heterocycles. The van der Waals surface area contributed by atoms with Gasteiger partial charge < -0.3 is 10.4 Å². The van der Waals surface area contributed by atoms with E-state index in [1.165, 1.54) is 38.5 Å². The minimum absolute atomic E-state index is 0.0907. The van der Waals surface area contributed by atoms with Crippen molar-refractivity contribution in [3.63, 3.8) is 0 Å². The molecular weight excluding hydrogens is 326 g/mol. The Balaban J connectivity index is 1.39. The smallest absolute Gasteiger partial charge is 0.304 e. The fraction of sp³-hybridized carbons (Fsp3) is 0.636. The van der Waals surface area contributed by atoms with Gasteiger partial charge in [-0.1, -0.05) is 30.3 Å². The van der Waals surface area contributed by atoms with Crippen molar-refractivity contribution >= 4 is 11.9 Å². The molecule has 140 valence electrons. The van der Waals surface area contributed by atoms with Crippen molar-refractivity contribution < 1.29 is 14.7 Å². The molecule has 5 rings (SSSR count). The van der Waals surface area contributed by atoms with E-state index >= 15 is 0 Å². The van der Waals surface area contributed by atoms with Gasteiger partial charge in [0.25, 0.3) is 0 Å². The molecule has 4 aliphatic rings. The zero-order valence-electron chi connectivity index (χ0n) is 15.3. The first-order valence-electron chi connectivity index (χ1n) is 10.0. The first-order chi connectivity index (χ1) is 12.5. The lowest BCUT2D eigenvalue weighted by molar-refractivity contribution is -0.141. The minimum Gasteiger partial charge on any atom is -0.481 e. The van der Waals surface area contributed by atoms with Crippen molar-refractivity contribution in [2.24, 2.45) is 29.1 Å². The topological polar surface area (TPSA) is 66.4 Å². The summed E-state index contributed by atoms with van der Waals surface area (Å²) >= 11 is 0. The van der Waals surface area contributed by atoms with Crippen LogP contribution in [-0.2, 0) is 16.0 Å². The predicted octanol–water partition coefficient (Wildman–Crippen LogP) is 3.65. The molecule has 26 heavy (non-hydrogen) atoms. The lowest BCUT2D eigenvalue weighted by Gasteiger charge is -2.57. The number of benzene rings is 1. The summed E-state index contributed by atoms with van der Waals surface area (Å²) in [6.45, 7) is 0.736. The number of carboxylic acid groups (broad SMARTS) is 1. The Morgan fingerprint density at radius 3 is 2.15 bits per heavy atom. The van der Waals surface area contributed by atoms with Crippen molar-refractivity contribution in [1.82, 2.24) is 5.32 Å². The van der Waals surface area contributed by atoms with Crippen LogP contribution in [0.5, 0.6) is 0 Å². The van der Waals surface area contributed by atoms with Gasteiger partial charge in [-0.15, -0.1) is 0 Å². The molecule has 1 amide bonds. The summed E-state index contributed by atoms with van der Waals surface area (Å²) in [5, 5.41) is 12.4. The molecule has 4 saturated carbocycles. The van der Waals surface area contributed by atoms with Crippen LogP contribution < -0.4 is 5.32 Å². The normalized spacial score (nSPS) is 33.0. The van der Waals surface area contributed by atoms with Crippen molar-refractivity contribution in [1.29, 1.82) is 0 Å². The van der Waals surface area contributed by atoms with Crippen LogP contribution >= 0.6 is 0 Å². The number of hydrogen-bond donors (Lipinski definition) is 2. The quantitative estimate of drug-likeness (QED) is 0.784. The van der Waals surface area contributed by atoms with E-state index in [-0.39, 0.29) is 17.7 Å². The number of amides is 1. The van der Waals surface area contributed by atoms with Crippen LogP contribution in [0, 0.1) is 29.1 Å². The fourth-order valence-corrected chi connectivity index (χ4v) is 6.29. The number of rotatable bonds is 7. The van der Waals surface area contributed by atoms with Gasteiger partial charge in [-0.25, -0.2) is 0 Å². The highest BCUT2D eigenvalue weighted by molar-refractivity contribution is 5.83. The molecule has 4 nitrogen and oxygen atoms in total. The maximum atomic E-state index is 12.8. The van der Waals surface area contributed by atoms with Crippen molar-refractivity contribution in [2.45, 2.75) is 51.4 Å². The molecule has 4 fully saturated rings. The summed E-state index contributed by atoms with van der Waals surface area (Å²) in [6, 6.07) is 9.71. The molecular formula is C22H29NO3. The molecule has 0 unspecified atom stereocenters. The summed E-state index contributed by atoms with van der Waals surface area (Å²) in [5.41, 5.74) is 1.30. The van der Waals surface area contributed by atoms with Gasteiger partial charge in [0.05, 0.1) is 12.3 Å². The van der Waals surface area contributed by atoms with Crippen LogP contribution in [0.4, 0.5) is 0 Å². The zero-order chi connectivity index (χ0) is 18.1. The van der Waals surface area contributed by atoms with Crippen molar-refractivity contribution in [2.75, 3.05) is 6.54 Å². The molecule has 2 N–H and O–H groups in total. The number of nitrogens with one attached hydrogen (secondary N) is 1. The second-order valence-corrected chi connectivity index (χ2v) is 9.12. The molecule has 1 atom stereocenters. The SMILES string of the molecule is O=C(O)C[C@H](Cc1ccccc1)C(=O)NCC12CC3CC(CC(C3)C1)C2. The van der Waals surface area contributed by atoms with Crippen LogP contribution in [0.25, 0.3) is 0 Å². The molecule has 0 spiro atoms. The van der Waals surface area contributed by atoms with E-state index in [4.69, 9.17) is 0 Å². The van der Waals surface area contributed by atoms with Gasteiger partial charge in [0.2, 0.25) is 5.91 Å². The van der Waals surface area contributed by atoms with Crippen molar-refractivity contribution in [3.05, 3.63) is 35.9 Å². The number of carboxylic acids is 1. The van der Waals surface area contributed by atoms with Gasteiger partial charge in [0, 0.05) is 6.54 Å². The molecule has 0 saturated heterocycles. The van der Waals surface area contributed by atoms with E-state index in [1.54, 1.807) is 0 Å². The van der Waals surface area contributed by atoms with Crippen molar-refractivity contribution in [3.8, 4) is 0 Å². The van der Waals surface area contributed by atoms with E-state index < -0.39 is 11.9 Å². The Bertz CT molecular complexity index is 634. The van der Waals surface area contributed by atoms with Gasteiger partial charge >= 0.3 is 5.97 Å². The van der Waals surface area contributed by atoms with Gasteiger partial charge in [-0.05, 0) is 73.7 Å². The number of carbonyl (C=O) groups is 2. The monoisotopic (exact) mass is 355 g/mol. The lowest BCUT2D eigenvalue weighted by atomic mass is 9.49. The van der Waals surface area contributed by atoms with Gasteiger partial charge in [0.1, 0.15) is 0 Å². The maximum absolute atomic E-state index is 12.8. The van der Waals surface area contributed by atoms with E-state index in [9.17, 15) is 14.7 Å².